The highest BCUT2D eigenvalue weighted by Crippen LogP contribution is 2.25. The zero-order chi connectivity index (χ0) is 31.6. The summed E-state index contributed by atoms with van der Waals surface area (Å²) >= 11 is 0. The number of aliphatic hydroxyl groups excluding tert-OH is 1. The number of benzene rings is 5. The van der Waals surface area contributed by atoms with Gasteiger partial charge in [-0.25, -0.2) is 14.4 Å². The average Bonchev–Trinajstić information content (AvgIpc) is 3.07. The number of aliphatic hydroxyl groups is 1. The Balaban J connectivity index is 1.25. The van der Waals surface area contributed by atoms with E-state index in [0.717, 1.165) is 38.6 Å². The van der Waals surface area contributed by atoms with Gasteiger partial charge in [-0.15, -0.1) is 0 Å². The second-order valence-corrected chi connectivity index (χ2v) is 10.8. The minimum Gasteiger partial charge on any atom is -0.480 e. The summed E-state index contributed by atoms with van der Waals surface area (Å²) in [6.45, 7) is -0.369. The molecule has 0 aliphatic carbocycles. The van der Waals surface area contributed by atoms with Gasteiger partial charge in [0.2, 0.25) is 0 Å². The summed E-state index contributed by atoms with van der Waals surface area (Å²) in [7, 11) is 0. The molecule has 5 aromatic rings. The van der Waals surface area contributed by atoms with Crippen molar-refractivity contribution in [3.05, 3.63) is 144 Å². The van der Waals surface area contributed by atoms with E-state index >= 15 is 0 Å². The fraction of sp³-hybridized carbons (Fsp3) is 0.162. The zero-order valence-corrected chi connectivity index (χ0v) is 24.6. The molecule has 5 aromatic carbocycles. The van der Waals surface area contributed by atoms with E-state index in [9.17, 15) is 24.6 Å². The van der Waals surface area contributed by atoms with Crippen LogP contribution in [-0.4, -0.2) is 51.8 Å². The Kier molecular flexibility index (Phi) is 10.2. The molecule has 0 aromatic heterocycles. The Morgan fingerprint density at radius 2 is 1.29 bits per heavy atom. The molecule has 0 bridgehead atoms. The number of ether oxygens (including phenoxy) is 1. The van der Waals surface area contributed by atoms with Crippen LogP contribution in [0.15, 0.2) is 127 Å². The molecule has 5 rings (SSSR count). The van der Waals surface area contributed by atoms with Gasteiger partial charge in [-0.2, -0.15) is 0 Å². The Hall–Kier alpha value is -5.47. The summed E-state index contributed by atoms with van der Waals surface area (Å²) in [5.41, 5.74) is 4.26. The second kappa shape index (κ2) is 14.8. The normalized spacial score (nSPS) is 12.2. The molecule has 0 aliphatic rings. The fourth-order valence-electron chi connectivity index (χ4n) is 5.01. The molecule has 2 atom stereocenters. The monoisotopic (exact) mass is 602 g/mol. The number of hydrogen-bond donors (Lipinski definition) is 3. The Morgan fingerprint density at radius 1 is 0.689 bits per heavy atom. The van der Waals surface area contributed by atoms with E-state index in [-0.39, 0.29) is 26.1 Å². The summed E-state index contributed by atoms with van der Waals surface area (Å²) < 4.78 is 5.24. The molecule has 2 amide bonds. The first-order chi connectivity index (χ1) is 21.9. The smallest absolute Gasteiger partial charge is 0.337 e. The van der Waals surface area contributed by atoms with Crippen LogP contribution < -0.4 is 5.32 Å². The molecule has 0 radical (unpaired) electrons. The number of carboxylic acids is 1. The molecular weight excluding hydrogens is 568 g/mol. The van der Waals surface area contributed by atoms with Crippen molar-refractivity contribution in [3.63, 3.8) is 0 Å². The number of carbonyl (C=O) groups is 3. The third-order valence-corrected chi connectivity index (χ3v) is 7.47. The molecule has 45 heavy (non-hydrogen) atoms. The number of nitrogens with one attached hydrogen (secondary N) is 1. The molecule has 228 valence electrons. The number of hydrogen-bond acceptors (Lipinski definition) is 5. The number of carbonyl (C=O) groups excluding carboxylic acids is 2. The maximum Gasteiger partial charge on any atom is 0.337 e. The number of esters is 1. The van der Waals surface area contributed by atoms with Crippen molar-refractivity contribution in [2.75, 3.05) is 6.54 Å². The molecule has 0 aliphatic heterocycles. The van der Waals surface area contributed by atoms with E-state index < -0.39 is 30.1 Å². The molecule has 0 spiro atoms. The number of amides is 2. The second-order valence-electron chi connectivity index (χ2n) is 10.8. The third-order valence-electron chi connectivity index (χ3n) is 7.47. The summed E-state index contributed by atoms with van der Waals surface area (Å²) in [6.07, 6.45) is -1.59. The van der Waals surface area contributed by atoms with E-state index in [1.807, 2.05) is 66.7 Å². The van der Waals surface area contributed by atoms with Gasteiger partial charge in [0.1, 0.15) is 12.6 Å². The van der Waals surface area contributed by atoms with Crippen molar-refractivity contribution in [2.24, 2.45) is 0 Å². The molecule has 8 heteroatoms. The van der Waals surface area contributed by atoms with Gasteiger partial charge in [0, 0.05) is 13.0 Å². The molecule has 8 nitrogen and oxygen atoms in total. The molecule has 0 heterocycles. The van der Waals surface area contributed by atoms with Gasteiger partial charge in [0.25, 0.3) is 0 Å². The minimum absolute atomic E-state index is 0.0254. The van der Waals surface area contributed by atoms with Crippen LogP contribution in [0.2, 0.25) is 0 Å². The quantitative estimate of drug-likeness (QED) is 0.155. The molecule has 0 saturated heterocycles. The van der Waals surface area contributed by atoms with Crippen molar-refractivity contribution in [1.82, 2.24) is 10.2 Å². The highest BCUT2D eigenvalue weighted by molar-refractivity contribution is 5.87. The predicted octanol–water partition coefficient (Wildman–Crippen LogP) is 5.82. The maximum atomic E-state index is 13.4. The van der Waals surface area contributed by atoms with Crippen LogP contribution >= 0.6 is 0 Å². The van der Waals surface area contributed by atoms with E-state index in [2.05, 4.69) is 29.6 Å². The largest absolute Gasteiger partial charge is 0.480 e. The molecular formula is C37H34N2O6. The summed E-state index contributed by atoms with van der Waals surface area (Å²) in [5.74, 6) is -2.09. The number of urea groups is 1. The van der Waals surface area contributed by atoms with E-state index in [4.69, 9.17) is 4.74 Å². The van der Waals surface area contributed by atoms with Crippen molar-refractivity contribution in [1.29, 1.82) is 0 Å². The third kappa shape index (κ3) is 8.55. The van der Waals surface area contributed by atoms with E-state index in [1.165, 1.54) is 4.90 Å². The lowest BCUT2D eigenvalue weighted by atomic mass is 9.98. The van der Waals surface area contributed by atoms with Crippen LogP contribution in [0, 0.1) is 0 Å². The summed E-state index contributed by atoms with van der Waals surface area (Å²) in [5, 5.41) is 25.5. The Bertz CT molecular complexity index is 1740. The first-order valence-corrected chi connectivity index (χ1v) is 14.6. The fourth-order valence-corrected chi connectivity index (χ4v) is 5.01. The van der Waals surface area contributed by atoms with Crippen LogP contribution in [0.4, 0.5) is 4.79 Å². The van der Waals surface area contributed by atoms with Gasteiger partial charge in [-0.05, 0) is 44.7 Å². The van der Waals surface area contributed by atoms with Gasteiger partial charge in [-0.3, -0.25) is 0 Å². The topological polar surface area (TPSA) is 116 Å². The molecule has 1 unspecified atom stereocenters. The Morgan fingerprint density at radius 3 is 1.96 bits per heavy atom. The number of fused-ring (bicyclic) bond motifs is 1. The summed E-state index contributed by atoms with van der Waals surface area (Å²) in [4.78, 5) is 39.4. The SMILES string of the molecule is O=C(OCc1ccccc1)C(O)CN(Cc1ccccc1)C(=O)N[C@@H](Cc1ccc(-c2ccc3ccccc3c2)cc1)C(=O)O. The maximum absolute atomic E-state index is 13.4. The van der Waals surface area contributed by atoms with Crippen LogP contribution in [0.3, 0.4) is 0 Å². The van der Waals surface area contributed by atoms with Crippen molar-refractivity contribution in [3.8, 4) is 11.1 Å². The molecule has 0 fully saturated rings. The van der Waals surface area contributed by atoms with Gasteiger partial charge in [-0.1, -0.05) is 121 Å². The highest BCUT2D eigenvalue weighted by atomic mass is 16.5. The first-order valence-electron chi connectivity index (χ1n) is 14.6. The van der Waals surface area contributed by atoms with Crippen LogP contribution in [-0.2, 0) is 33.9 Å². The van der Waals surface area contributed by atoms with E-state index in [0.29, 0.717) is 0 Å². The van der Waals surface area contributed by atoms with Crippen LogP contribution in [0.25, 0.3) is 21.9 Å². The average molecular weight is 603 g/mol. The van der Waals surface area contributed by atoms with Gasteiger partial charge in [0.15, 0.2) is 6.10 Å². The number of nitrogens with zero attached hydrogens (tertiary/aromatic N) is 1. The summed E-state index contributed by atoms with van der Waals surface area (Å²) in [6, 6.07) is 38.0. The lowest BCUT2D eigenvalue weighted by molar-refractivity contribution is -0.155. The molecule has 3 N–H and O–H groups in total. The predicted molar refractivity (Wildman–Crippen MR) is 172 cm³/mol. The lowest BCUT2D eigenvalue weighted by Gasteiger charge is -2.27. The van der Waals surface area contributed by atoms with Crippen molar-refractivity contribution >= 4 is 28.7 Å². The van der Waals surface area contributed by atoms with Crippen molar-refractivity contribution in [2.45, 2.75) is 31.7 Å². The van der Waals surface area contributed by atoms with Gasteiger partial charge in [0.05, 0.1) is 6.54 Å². The number of carboxylic acid groups (broad SMARTS) is 1. The number of rotatable bonds is 12. The zero-order valence-electron chi connectivity index (χ0n) is 24.6. The molecule has 0 saturated carbocycles. The van der Waals surface area contributed by atoms with Crippen molar-refractivity contribution < 1.29 is 29.3 Å². The van der Waals surface area contributed by atoms with Gasteiger partial charge < -0.3 is 25.2 Å². The highest BCUT2D eigenvalue weighted by Gasteiger charge is 2.28. The van der Waals surface area contributed by atoms with E-state index in [1.54, 1.807) is 36.4 Å². The first kappa shape index (κ1) is 31.0. The standard InChI is InChI=1S/C37H34N2O6/c40-34(36(43)45-25-28-11-5-2-6-12-28)24-39(23-27-9-3-1-4-10-27)37(44)38-33(35(41)42)21-26-15-17-30(18-16-26)32-20-19-29-13-7-8-14-31(29)22-32/h1-20,22,33-34,40H,21,23-25H2,(H,38,44)(H,41,42)/t33-,34?/m0/s1. The van der Waals surface area contributed by atoms with Crippen LogP contribution in [0.1, 0.15) is 16.7 Å². The number of aliphatic carboxylic acids is 1. The lowest BCUT2D eigenvalue weighted by Crippen LogP contribution is -2.51. The van der Waals surface area contributed by atoms with Crippen LogP contribution in [0.5, 0.6) is 0 Å². The Labute approximate surface area is 261 Å². The minimum atomic E-state index is -1.63. The van der Waals surface area contributed by atoms with Gasteiger partial charge >= 0.3 is 18.0 Å².